The summed E-state index contributed by atoms with van der Waals surface area (Å²) >= 11 is 0. The monoisotopic (exact) mass is 392 g/mol. The Morgan fingerprint density at radius 3 is 2.55 bits per heavy atom. The average Bonchev–Trinajstić information content (AvgIpc) is 3.24. The van der Waals surface area contributed by atoms with Crippen LogP contribution in [0.1, 0.15) is 43.9 Å². The Labute approximate surface area is 171 Å². The summed E-state index contributed by atoms with van der Waals surface area (Å²) in [6, 6.07) is 12.2. The van der Waals surface area contributed by atoms with Crippen LogP contribution in [0.2, 0.25) is 0 Å². The summed E-state index contributed by atoms with van der Waals surface area (Å²) in [6.07, 6.45) is 4.55. The Bertz CT molecular complexity index is 962. The minimum atomic E-state index is -0.0654. The number of amides is 1. The van der Waals surface area contributed by atoms with E-state index in [0.717, 1.165) is 43.7 Å². The Morgan fingerprint density at radius 1 is 1.10 bits per heavy atom. The highest BCUT2D eigenvalue weighted by molar-refractivity contribution is 5.84. The quantitative estimate of drug-likeness (QED) is 0.645. The summed E-state index contributed by atoms with van der Waals surface area (Å²) < 4.78 is 1.96. The summed E-state index contributed by atoms with van der Waals surface area (Å²) in [5, 5.41) is 8.14. The third-order valence-electron chi connectivity index (χ3n) is 5.68. The zero-order valence-corrected chi connectivity index (χ0v) is 17.2. The molecule has 152 valence electrons. The van der Waals surface area contributed by atoms with Crippen molar-refractivity contribution in [2.24, 2.45) is 0 Å². The predicted octanol–water partition coefficient (Wildman–Crippen LogP) is 2.92. The van der Waals surface area contributed by atoms with Gasteiger partial charge in [0.05, 0.1) is 5.92 Å². The molecule has 0 spiro atoms. The molecule has 1 atom stereocenters. The molecular formula is C22H28N6O. The van der Waals surface area contributed by atoms with Crippen molar-refractivity contribution in [1.82, 2.24) is 24.5 Å². The topological polar surface area (TPSA) is 66.6 Å². The molecule has 7 nitrogen and oxygen atoms in total. The maximum Gasteiger partial charge on any atom is 0.256 e. The van der Waals surface area contributed by atoms with Crippen LogP contribution in [0.5, 0.6) is 0 Å². The van der Waals surface area contributed by atoms with Gasteiger partial charge in [0, 0.05) is 37.9 Å². The summed E-state index contributed by atoms with van der Waals surface area (Å²) in [4.78, 5) is 22.1. The Balaban J connectivity index is 1.47. The fraction of sp³-hybridized carbons (Fsp3) is 0.455. The summed E-state index contributed by atoms with van der Waals surface area (Å²) in [5.74, 6) is 1.73. The van der Waals surface area contributed by atoms with E-state index in [1.54, 1.807) is 6.33 Å². The fourth-order valence-corrected chi connectivity index (χ4v) is 4.09. The van der Waals surface area contributed by atoms with Crippen molar-refractivity contribution in [3.8, 4) is 0 Å². The number of anilines is 1. The molecule has 1 aliphatic rings. The molecule has 4 rings (SSSR count). The lowest BCUT2D eigenvalue weighted by molar-refractivity contribution is -0.133. The normalized spacial score (nSPS) is 15.7. The number of piperazine rings is 1. The molecule has 29 heavy (non-hydrogen) atoms. The molecule has 1 amide bonds. The van der Waals surface area contributed by atoms with Gasteiger partial charge in [-0.25, -0.2) is 0 Å². The molecule has 0 bridgehead atoms. The minimum Gasteiger partial charge on any atom is -0.353 e. The Kier molecular flexibility index (Phi) is 5.74. The fourth-order valence-electron chi connectivity index (χ4n) is 4.09. The van der Waals surface area contributed by atoms with Crippen molar-refractivity contribution in [3.05, 3.63) is 54.0 Å². The SMILES string of the molecule is CCCc1cc(N2CCN(C(=O)[C@H](CC)c3ccccc3)CC2)nc2nncn12. The van der Waals surface area contributed by atoms with E-state index in [9.17, 15) is 4.79 Å². The lowest BCUT2D eigenvalue weighted by Crippen LogP contribution is -2.50. The molecule has 7 heteroatoms. The van der Waals surface area contributed by atoms with E-state index in [1.807, 2.05) is 27.5 Å². The van der Waals surface area contributed by atoms with Crippen molar-refractivity contribution in [1.29, 1.82) is 0 Å². The van der Waals surface area contributed by atoms with Crippen LogP contribution in [0.15, 0.2) is 42.7 Å². The maximum atomic E-state index is 13.1. The van der Waals surface area contributed by atoms with Gasteiger partial charge in [0.1, 0.15) is 12.1 Å². The van der Waals surface area contributed by atoms with E-state index in [2.05, 4.69) is 52.1 Å². The highest BCUT2D eigenvalue weighted by Gasteiger charge is 2.28. The maximum absolute atomic E-state index is 13.1. The van der Waals surface area contributed by atoms with Gasteiger partial charge < -0.3 is 9.80 Å². The highest BCUT2D eigenvalue weighted by Crippen LogP contribution is 2.24. The van der Waals surface area contributed by atoms with Crippen LogP contribution >= 0.6 is 0 Å². The van der Waals surface area contributed by atoms with E-state index in [0.29, 0.717) is 18.9 Å². The molecule has 0 unspecified atom stereocenters. The van der Waals surface area contributed by atoms with Gasteiger partial charge in [0.2, 0.25) is 5.91 Å². The highest BCUT2D eigenvalue weighted by atomic mass is 16.2. The molecule has 0 aliphatic carbocycles. The first kappa shape index (κ1) is 19.4. The number of carbonyl (C=O) groups is 1. The molecule has 3 aromatic rings. The van der Waals surface area contributed by atoms with Crippen molar-refractivity contribution in [2.75, 3.05) is 31.1 Å². The molecule has 2 aromatic heterocycles. The van der Waals surface area contributed by atoms with Gasteiger partial charge in [-0.3, -0.25) is 9.20 Å². The van der Waals surface area contributed by atoms with Gasteiger partial charge >= 0.3 is 0 Å². The first-order valence-electron chi connectivity index (χ1n) is 10.5. The van der Waals surface area contributed by atoms with E-state index >= 15 is 0 Å². The number of carbonyl (C=O) groups excluding carboxylic acids is 1. The Morgan fingerprint density at radius 2 is 1.86 bits per heavy atom. The van der Waals surface area contributed by atoms with E-state index in [1.165, 1.54) is 5.69 Å². The molecule has 0 saturated carbocycles. The standard InChI is InChI=1S/C22H28N6O/c1-3-8-18-15-20(24-22-25-23-16-28(18)22)26-11-13-27(14-12-26)21(29)19(4-2)17-9-6-5-7-10-17/h5-7,9-10,15-16,19H,3-4,8,11-14H2,1-2H3/t19-/m1/s1. The molecular weight excluding hydrogens is 364 g/mol. The van der Waals surface area contributed by atoms with Crippen LogP contribution in [-0.4, -0.2) is 56.6 Å². The van der Waals surface area contributed by atoms with Crippen molar-refractivity contribution in [2.45, 2.75) is 39.0 Å². The second kappa shape index (κ2) is 8.59. The van der Waals surface area contributed by atoms with Crippen LogP contribution in [0.4, 0.5) is 5.82 Å². The minimum absolute atomic E-state index is 0.0654. The molecule has 1 aromatic carbocycles. The third kappa shape index (κ3) is 3.95. The second-order valence-corrected chi connectivity index (χ2v) is 7.54. The average molecular weight is 393 g/mol. The lowest BCUT2D eigenvalue weighted by Gasteiger charge is -2.37. The molecule has 0 N–H and O–H groups in total. The summed E-state index contributed by atoms with van der Waals surface area (Å²) in [5.41, 5.74) is 2.27. The number of aromatic nitrogens is 4. The van der Waals surface area contributed by atoms with Gasteiger partial charge in [-0.1, -0.05) is 50.6 Å². The third-order valence-corrected chi connectivity index (χ3v) is 5.68. The molecule has 0 radical (unpaired) electrons. The van der Waals surface area contributed by atoms with Crippen LogP contribution in [0.3, 0.4) is 0 Å². The number of rotatable bonds is 6. The van der Waals surface area contributed by atoms with Gasteiger partial charge in [-0.05, 0) is 18.4 Å². The molecule has 1 saturated heterocycles. The molecule has 3 heterocycles. The van der Waals surface area contributed by atoms with Crippen molar-refractivity contribution in [3.63, 3.8) is 0 Å². The van der Waals surface area contributed by atoms with Crippen LogP contribution in [0.25, 0.3) is 5.78 Å². The summed E-state index contributed by atoms with van der Waals surface area (Å²) in [6.45, 7) is 7.23. The van der Waals surface area contributed by atoms with Crippen LogP contribution in [0, 0.1) is 0 Å². The lowest BCUT2D eigenvalue weighted by atomic mass is 9.95. The predicted molar refractivity (Wildman–Crippen MR) is 113 cm³/mol. The van der Waals surface area contributed by atoms with Gasteiger partial charge in [0.25, 0.3) is 5.78 Å². The number of hydrogen-bond acceptors (Lipinski definition) is 5. The Hall–Kier alpha value is -2.96. The van der Waals surface area contributed by atoms with Crippen LogP contribution < -0.4 is 4.90 Å². The smallest absolute Gasteiger partial charge is 0.256 e. The van der Waals surface area contributed by atoms with Crippen LogP contribution in [-0.2, 0) is 11.2 Å². The van der Waals surface area contributed by atoms with E-state index in [4.69, 9.17) is 0 Å². The number of nitrogens with zero attached hydrogens (tertiary/aromatic N) is 6. The van der Waals surface area contributed by atoms with E-state index < -0.39 is 0 Å². The van der Waals surface area contributed by atoms with Crippen molar-refractivity contribution < 1.29 is 4.79 Å². The number of fused-ring (bicyclic) bond motifs is 1. The van der Waals surface area contributed by atoms with E-state index in [-0.39, 0.29) is 11.8 Å². The zero-order chi connectivity index (χ0) is 20.2. The van der Waals surface area contributed by atoms with Gasteiger partial charge in [-0.15, -0.1) is 10.2 Å². The van der Waals surface area contributed by atoms with Gasteiger partial charge in [-0.2, -0.15) is 4.98 Å². The zero-order valence-electron chi connectivity index (χ0n) is 17.2. The summed E-state index contributed by atoms with van der Waals surface area (Å²) in [7, 11) is 0. The number of aryl methyl sites for hydroxylation is 1. The van der Waals surface area contributed by atoms with Crippen molar-refractivity contribution >= 4 is 17.5 Å². The largest absolute Gasteiger partial charge is 0.353 e. The first-order valence-corrected chi connectivity index (χ1v) is 10.5. The second-order valence-electron chi connectivity index (χ2n) is 7.54. The molecule has 1 aliphatic heterocycles. The number of hydrogen-bond donors (Lipinski definition) is 0. The van der Waals surface area contributed by atoms with Gasteiger partial charge in [0.15, 0.2) is 0 Å². The molecule has 1 fully saturated rings. The first-order chi connectivity index (χ1) is 14.2. The number of benzene rings is 1.